The van der Waals surface area contributed by atoms with Gasteiger partial charge in [0.25, 0.3) is 11.8 Å². The predicted octanol–water partition coefficient (Wildman–Crippen LogP) is 2.41. The number of anilines is 1. The van der Waals surface area contributed by atoms with E-state index in [4.69, 9.17) is 4.74 Å². The number of ether oxygens (including phenoxy) is 1. The quantitative estimate of drug-likeness (QED) is 0.728. The van der Waals surface area contributed by atoms with Crippen LogP contribution in [0.1, 0.15) is 27.8 Å². The van der Waals surface area contributed by atoms with Gasteiger partial charge in [0.1, 0.15) is 23.4 Å². The first-order valence-corrected chi connectivity index (χ1v) is 8.61. The molecule has 7 nitrogen and oxygen atoms in total. The van der Waals surface area contributed by atoms with Gasteiger partial charge in [-0.25, -0.2) is 9.37 Å². The molecular formula is C20H17FN4O3. The van der Waals surface area contributed by atoms with Gasteiger partial charge in [0, 0.05) is 25.0 Å². The van der Waals surface area contributed by atoms with E-state index < -0.39 is 6.04 Å². The summed E-state index contributed by atoms with van der Waals surface area (Å²) in [7, 11) is 1.82. The lowest BCUT2D eigenvalue weighted by atomic mass is 10.0. The first-order valence-electron chi connectivity index (χ1n) is 8.61. The Bertz CT molecular complexity index is 1050. The van der Waals surface area contributed by atoms with Crippen molar-refractivity contribution in [2.45, 2.75) is 6.04 Å². The molecule has 1 aliphatic heterocycles. The number of rotatable bonds is 4. The number of carbonyl (C=O) groups is 2. The van der Waals surface area contributed by atoms with Crippen molar-refractivity contribution in [1.29, 1.82) is 0 Å². The van der Waals surface area contributed by atoms with Crippen LogP contribution in [0.2, 0.25) is 0 Å². The van der Waals surface area contributed by atoms with Crippen molar-refractivity contribution in [2.24, 2.45) is 7.05 Å². The molecule has 142 valence electrons. The lowest BCUT2D eigenvalue weighted by Crippen LogP contribution is -2.31. The standard InChI is InChI=1S/C20H17FN4O3/c1-25-9-8-22-19(25)18(12-2-5-14(21)6-3-12)24-20(27)13-4-7-15-16(10-13)28-11-17(26)23-15/h2-10,18H,11H2,1H3,(H,23,26)(H,24,27)/t18-/m1/s1. The maximum atomic E-state index is 13.3. The van der Waals surface area contributed by atoms with Crippen molar-refractivity contribution < 1.29 is 18.7 Å². The van der Waals surface area contributed by atoms with Gasteiger partial charge in [0.15, 0.2) is 6.61 Å². The molecule has 28 heavy (non-hydrogen) atoms. The van der Waals surface area contributed by atoms with Gasteiger partial charge in [-0.1, -0.05) is 12.1 Å². The molecule has 2 aromatic carbocycles. The van der Waals surface area contributed by atoms with Gasteiger partial charge in [-0.15, -0.1) is 0 Å². The number of nitrogens with one attached hydrogen (secondary N) is 2. The molecule has 0 bridgehead atoms. The van der Waals surface area contributed by atoms with Crippen LogP contribution in [0.4, 0.5) is 10.1 Å². The van der Waals surface area contributed by atoms with E-state index in [2.05, 4.69) is 15.6 Å². The average molecular weight is 380 g/mol. The van der Waals surface area contributed by atoms with Crippen LogP contribution >= 0.6 is 0 Å². The fourth-order valence-electron chi connectivity index (χ4n) is 3.04. The van der Waals surface area contributed by atoms with E-state index in [9.17, 15) is 14.0 Å². The van der Waals surface area contributed by atoms with Crippen LogP contribution in [-0.4, -0.2) is 28.0 Å². The van der Waals surface area contributed by atoms with E-state index in [1.165, 1.54) is 12.1 Å². The Morgan fingerprint density at radius 2 is 2.07 bits per heavy atom. The van der Waals surface area contributed by atoms with Gasteiger partial charge in [0.2, 0.25) is 0 Å². The number of halogens is 1. The lowest BCUT2D eigenvalue weighted by Gasteiger charge is -2.21. The SMILES string of the molecule is Cn1ccnc1[C@H](NC(=O)c1ccc2c(c1)OCC(=O)N2)c1ccc(F)cc1. The summed E-state index contributed by atoms with van der Waals surface area (Å²) in [5, 5.41) is 5.62. The van der Waals surface area contributed by atoms with Crippen LogP contribution in [0.25, 0.3) is 0 Å². The van der Waals surface area contributed by atoms with Crippen LogP contribution in [-0.2, 0) is 11.8 Å². The molecule has 0 saturated heterocycles. The molecule has 4 rings (SSSR count). The summed E-state index contributed by atoms with van der Waals surface area (Å²) in [5.41, 5.74) is 1.59. The fourth-order valence-corrected chi connectivity index (χ4v) is 3.04. The average Bonchev–Trinajstić information content (AvgIpc) is 3.12. The van der Waals surface area contributed by atoms with Gasteiger partial charge in [-0.2, -0.15) is 0 Å². The zero-order chi connectivity index (χ0) is 19.7. The van der Waals surface area contributed by atoms with Crippen LogP contribution < -0.4 is 15.4 Å². The number of benzene rings is 2. The number of carbonyl (C=O) groups excluding carboxylic acids is 2. The number of hydrogen-bond acceptors (Lipinski definition) is 4. The van der Waals surface area contributed by atoms with Gasteiger partial charge in [0.05, 0.1) is 5.69 Å². The zero-order valence-corrected chi connectivity index (χ0v) is 15.0. The molecule has 0 fully saturated rings. The molecule has 8 heteroatoms. The molecule has 1 aliphatic rings. The Morgan fingerprint density at radius 3 is 2.79 bits per heavy atom. The monoisotopic (exact) mass is 380 g/mol. The van der Waals surface area contributed by atoms with E-state index in [-0.39, 0.29) is 24.2 Å². The van der Waals surface area contributed by atoms with E-state index in [1.807, 2.05) is 7.05 Å². The van der Waals surface area contributed by atoms with Gasteiger partial charge in [-0.3, -0.25) is 9.59 Å². The lowest BCUT2D eigenvalue weighted by molar-refractivity contribution is -0.118. The minimum Gasteiger partial charge on any atom is -0.482 e. The number of nitrogens with zero attached hydrogens (tertiary/aromatic N) is 2. The summed E-state index contributed by atoms with van der Waals surface area (Å²) in [6.45, 7) is -0.0937. The van der Waals surface area contributed by atoms with Crippen LogP contribution in [0.5, 0.6) is 5.75 Å². The van der Waals surface area contributed by atoms with Crippen molar-refractivity contribution in [1.82, 2.24) is 14.9 Å². The number of aryl methyl sites for hydroxylation is 1. The molecule has 2 amide bonds. The highest BCUT2D eigenvalue weighted by Gasteiger charge is 2.23. The number of imidazole rings is 1. The van der Waals surface area contributed by atoms with E-state index >= 15 is 0 Å². The highest BCUT2D eigenvalue weighted by atomic mass is 19.1. The Kier molecular flexibility index (Phi) is 4.52. The van der Waals surface area contributed by atoms with Gasteiger partial charge < -0.3 is 19.9 Å². The Morgan fingerprint density at radius 1 is 1.29 bits per heavy atom. The predicted molar refractivity (Wildman–Crippen MR) is 99.5 cm³/mol. The maximum Gasteiger partial charge on any atom is 0.262 e. The van der Waals surface area contributed by atoms with Crippen molar-refractivity contribution >= 4 is 17.5 Å². The molecule has 0 unspecified atom stereocenters. The summed E-state index contributed by atoms with van der Waals surface area (Å²) in [5.74, 6) is 0.100. The third-order valence-corrected chi connectivity index (χ3v) is 4.47. The number of hydrogen-bond donors (Lipinski definition) is 2. The molecule has 0 radical (unpaired) electrons. The van der Waals surface area contributed by atoms with Crippen LogP contribution in [0, 0.1) is 5.82 Å². The van der Waals surface area contributed by atoms with Crippen molar-refractivity contribution in [3.63, 3.8) is 0 Å². The second-order valence-electron chi connectivity index (χ2n) is 6.40. The summed E-state index contributed by atoms with van der Waals surface area (Å²) < 4.78 is 20.5. The highest BCUT2D eigenvalue weighted by Crippen LogP contribution is 2.29. The highest BCUT2D eigenvalue weighted by molar-refractivity contribution is 5.99. The Balaban J connectivity index is 1.63. The first-order chi connectivity index (χ1) is 13.5. The van der Waals surface area contributed by atoms with E-state index in [0.717, 1.165) is 0 Å². The molecule has 0 saturated carbocycles. The first kappa shape index (κ1) is 17.7. The molecule has 0 aliphatic carbocycles. The topological polar surface area (TPSA) is 85.2 Å². The van der Waals surface area contributed by atoms with Crippen LogP contribution in [0.15, 0.2) is 54.9 Å². The fraction of sp³-hybridized carbons (Fsp3) is 0.150. The Hall–Kier alpha value is -3.68. The molecule has 1 aromatic heterocycles. The third-order valence-electron chi connectivity index (χ3n) is 4.47. The minimum absolute atomic E-state index is 0.0937. The Labute approximate surface area is 160 Å². The molecule has 2 heterocycles. The third kappa shape index (κ3) is 3.44. The number of aromatic nitrogens is 2. The van der Waals surface area contributed by atoms with E-state index in [0.29, 0.717) is 28.4 Å². The molecule has 3 aromatic rings. The summed E-state index contributed by atoms with van der Waals surface area (Å²) in [6, 6.07) is 10.1. The molecule has 1 atom stereocenters. The second-order valence-corrected chi connectivity index (χ2v) is 6.40. The molecule has 0 spiro atoms. The number of amides is 2. The van der Waals surface area contributed by atoms with E-state index in [1.54, 1.807) is 47.3 Å². The summed E-state index contributed by atoms with van der Waals surface area (Å²) in [4.78, 5) is 28.6. The van der Waals surface area contributed by atoms with Crippen LogP contribution in [0.3, 0.4) is 0 Å². The number of fused-ring (bicyclic) bond motifs is 1. The summed E-state index contributed by atoms with van der Waals surface area (Å²) >= 11 is 0. The van der Waals surface area contributed by atoms with Crippen molar-refractivity contribution in [3.05, 3.63) is 77.6 Å². The largest absolute Gasteiger partial charge is 0.482 e. The van der Waals surface area contributed by atoms with Crippen molar-refractivity contribution in [3.8, 4) is 5.75 Å². The van der Waals surface area contributed by atoms with Crippen molar-refractivity contribution in [2.75, 3.05) is 11.9 Å². The van der Waals surface area contributed by atoms with Gasteiger partial charge >= 0.3 is 0 Å². The van der Waals surface area contributed by atoms with Gasteiger partial charge in [-0.05, 0) is 35.9 Å². The summed E-state index contributed by atoms with van der Waals surface area (Å²) in [6.07, 6.45) is 3.40. The molecular weight excluding hydrogens is 363 g/mol. The second kappa shape index (κ2) is 7.15. The minimum atomic E-state index is -0.565. The zero-order valence-electron chi connectivity index (χ0n) is 15.0. The maximum absolute atomic E-state index is 13.3. The smallest absolute Gasteiger partial charge is 0.262 e. The molecule has 2 N–H and O–H groups in total. The normalized spacial score (nSPS) is 13.9.